The number of hydrogen-bond donors (Lipinski definition) is 1. The second-order valence-electron chi connectivity index (χ2n) is 3.99. The average Bonchev–Trinajstić information content (AvgIpc) is 2.37. The number of ether oxygens (including phenoxy) is 1. The molecule has 0 aliphatic rings. The van der Waals surface area contributed by atoms with Crippen LogP contribution in [0.2, 0.25) is 0 Å². The molecule has 0 heterocycles. The van der Waals surface area contributed by atoms with Crippen molar-refractivity contribution >= 4 is 11.9 Å². The van der Waals surface area contributed by atoms with E-state index < -0.39 is 30.1 Å². The van der Waals surface area contributed by atoms with Gasteiger partial charge in [0, 0.05) is 6.42 Å². The Morgan fingerprint density at radius 1 is 1.32 bits per heavy atom. The summed E-state index contributed by atoms with van der Waals surface area (Å²) in [6.45, 7) is 1.65. The first-order valence-corrected chi connectivity index (χ1v) is 5.77. The van der Waals surface area contributed by atoms with Crippen LogP contribution in [0.3, 0.4) is 0 Å². The maximum Gasteiger partial charge on any atom is 0.325 e. The van der Waals surface area contributed by atoms with Gasteiger partial charge in [0.05, 0.1) is 12.5 Å². The van der Waals surface area contributed by atoms with Crippen LogP contribution in [0.5, 0.6) is 0 Å². The number of carbonyl (C=O) groups is 2. The smallest absolute Gasteiger partial charge is 0.325 e. The molecule has 0 spiro atoms. The molecule has 1 aromatic rings. The van der Waals surface area contributed by atoms with Crippen LogP contribution in [0.1, 0.15) is 24.8 Å². The third-order valence-electron chi connectivity index (χ3n) is 2.59. The summed E-state index contributed by atoms with van der Waals surface area (Å²) in [6.07, 6.45) is -0.995. The Morgan fingerprint density at radius 2 is 1.89 bits per heavy atom. The molecule has 1 rings (SSSR count). The quantitative estimate of drug-likeness (QED) is 0.803. The van der Waals surface area contributed by atoms with Gasteiger partial charge in [0.25, 0.3) is 5.91 Å². The zero-order valence-electron chi connectivity index (χ0n) is 10.4. The monoisotopic (exact) mass is 271 g/mol. The van der Waals surface area contributed by atoms with Gasteiger partial charge in [-0.25, -0.2) is 0 Å². The predicted molar refractivity (Wildman–Crippen MR) is 64.6 cm³/mol. The minimum absolute atomic E-state index is 0.0737. The molecular formula is C13H15F2NO3. The van der Waals surface area contributed by atoms with E-state index in [-0.39, 0.29) is 6.61 Å². The largest absolute Gasteiger partial charge is 0.466 e. The summed E-state index contributed by atoms with van der Waals surface area (Å²) in [7, 11) is 0. The van der Waals surface area contributed by atoms with Crippen molar-refractivity contribution in [2.45, 2.75) is 25.2 Å². The minimum Gasteiger partial charge on any atom is -0.466 e. The molecule has 1 aromatic carbocycles. The van der Waals surface area contributed by atoms with E-state index in [4.69, 9.17) is 4.74 Å². The first-order valence-electron chi connectivity index (χ1n) is 5.77. The van der Waals surface area contributed by atoms with Crippen LogP contribution in [0.15, 0.2) is 30.3 Å². The molecule has 1 unspecified atom stereocenters. The van der Waals surface area contributed by atoms with Gasteiger partial charge in [0.15, 0.2) is 0 Å². The lowest BCUT2D eigenvalue weighted by atomic mass is 9.92. The molecule has 2 N–H and O–H groups in total. The van der Waals surface area contributed by atoms with Gasteiger partial charge in [0.1, 0.15) is 0 Å². The normalized spacial score (nSPS) is 12.8. The zero-order valence-corrected chi connectivity index (χ0v) is 10.4. The average molecular weight is 271 g/mol. The summed E-state index contributed by atoms with van der Waals surface area (Å²) < 4.78 is 31.6. The van der Waals surface area contributed by atoms with Crippen LogP contribution in [0, 0.1) is 0 Å². The van der Waals surface area contributed by atoms with Gasteiger partial charge in [-0.15, -0.1) is 0 Å². The van der Waals surface area contributed by atoms with Crippen LogP contribution in [-0.2, 0) is 14.3 Å². The van der Waals surface area contributed by atoms with Gasteiger partial charge >= 0.3 is 11.9 Å². The number of alkyl halides is 2. The number of esters is 1. The topological polar surface area (TPSA) is 69.4 Å². The minimum atomic E-state index is -3.76. The number of nitrogens with two attached hydrogens (primary N) is 1. The molecule has 0 aromatic heterocycles. The van der Waals surface area contributed by atoms with Crippen LogP contribution < -0.4 is 5.73 Å². The van der Waals surface area contributed by atoms with Gasteiger partial charge in [-0.1, -0.05) is 30.3 Å². The Labute approximate surface area is 109 Å². The van der Waals surface area contributed by atoms with Crippen LogP contribution in [-0.4, -0.2) is 24.4 Å². The number of hydrogen-bond acceptors (Lipinski definition) is 3. The Hall–Kier alpha value is -1.98. The fraction of sp³-hybridized carbons (Fsp3) is 0.385. The Kier molecular flexibility index (Phi) is 4.97. The fourth-order valence-corrected chi connectivity index (χ4v) is 1.62. The zero-order chi connectivity index (χ0) is 14.5. The molecular weight excluding hydrogens is 256 g/mol. The summed E-state index contributed by atoms with van der Waals surface area (Å²) in [5, 5.41) is 0. The van der Waals surface area contributed by atoms with Crippen molar-refractivity contribution in [1.82, 2.24) is 0 Å². The molecule has 0 radical (unpaired) electrons. The van der Waals surface area contributed by atoms with E-state index >= 15 is 0 Å². The highest BCUT2D eigenvalue weighted by atomic mass is 19.3. The predicted octanol–water partition coefficient (Wildman–Crippen LogP) is 1.84. The highest BCUT2D eigenvalue weighted by molar-refractivity contribution is 5.84. The van der Waals surface area contributed by atoms with Gasteiger partial charge in [-0.2, -0.15) is 8.78 Å². The van der Waals surface area contributed by atoms with Gasteiger partial charge in [0.2, 0.25) is 0 Å². The lowest BCUT2D eigenvalue weighted by Gasteiger charge is -2.20. The summed E-state index contributed by atoms with van der Waals surface area (Å²) in [6, 6.07) is 7.98. The second-order valence-corrected chi connectivity index (χ2v) is 3.99. The fourth-order valence-electron chi connectivity index (χ4n) is 1.62. The molecule has 104 valence electrons. The number of primary amides is 1. The molecule has 4 nitrogen and oxygen atoms in total. The van der Waals surface area contributed by atoms with E-state index in [0.29, 0.717) is 5.56 Å². The van der Waals surface area contributed by atoms with Gasteiger partial charge in [-0.05, 0) is 12.5 Å². The van der Waals surface area contributed by atoms with Crippen molar-refractivity contribution in [1.29, 1.82) is 0 Å². The Bertz CT molecular complexity index is 448. The number of carbonyl (C=O) groups excluding carboxylic acids is 2. The molecule has 0 saturated carbocycles. The van der Waals surface area contributed by atoms with Gasteiger partial charge < -0.3 is 10.5 Å². The third-order valence-corrected chi connectivity index (χ3v) is 2.59. The van der Waals surface area contributed by atoms with Crippen molar-refractivity contribution in [3.8, 4) is 0 Å². The summed E-state index contributed by atoms with van der Waals surface area (Å²) in [5.74, 6) is -7.52. The third kappa shape index (κ3) is 4.01. The number of benzene rings is 1. The van der Waals surface area contributed by atoms with Crippen molar-refractivity contribution in [3.05, 3.63) is 35.9 Å². The Morgan fingerprint density at radius 3 is 2.37 bits per heavy atom. The Balaban J connectivity index is 3.00. The maximum atomic E-state index is 13.4. The maximum absolute atomic E-state index is 13.4. The summed E-state index contributed by atoms with van der Waals surface area (Å²) >= 11 is 0. The molecule has 19 heavy (non-hydrogen) atoms. The number of rotatable bonds is 6. The second kappa shape index (κ2) is 6.26. The number of amides is 1. The van der Waals surface area contributed by atoms with Crippen LogP contribution in [0.25, 0.3) is 0 Å². The lowest BCUT2D eigenvalue weighted by molar-refractivity contribution is -0.152. The molecule has 0 fully saturated rings. The first-order chi connectivity index (χ1) is 8.88. The highest BCUT2D eigenvalue weighted by Gasteiger charge is 2.42. The highest BCUT2D eigenvalue weighted by Crippen LogP contribution is 2.31. The molecule has 0 saturated heterocycles. The molecule has 0 bridgehead atoms. The SMILES string of the molecule is CCOC(=O)C(CC(F)(F)C(N)=O)c1ccccc1. The summed E-state index contributed by atoms with van der Waals surface area (Å²) in [4.78, 5) is 22.4. The van der Waals surface area contributed by atoms with Crippen molar-refractivity contribution in [2.24, 2.45) is 5.73 Å². The number of halogens is 2. The van der Waals surface area contributed by atoms with E-state index in [1.807, 2.05) is 0 Å². The molecule has 1 amide bonds. The van der Waals surface area contributed by atoms with E-state index in [1.165, 1.54) is 12.1 Å². The van der Waals surface area contributed by atoms with Crippen molar-refractivity contribution in [2.75, 3.05) is 6.61 Å². The molecule has 6 heteroatoms. The molecule has 0 aliphatic carbocycles. The van der Waals surface area contributed by atoms with Crippen molar-refractivity contribution in [3.63, 3.8) is 0 Å². The standard InChI is InChI=1S/C13H15F2NO3/c1-2-19-11(17)10(8-13(14,15)12(16)18)9-6-4-3-5-7-9/h3-7,10H,2,8H2,1H3,(H2,16,18). The van der Waals surface area contributed by atoms with Crippen LogP contribution >= 0.6 is 0 Å². The van der Waals surface area contributed by atoms with Gasteiger partial charge in [-0.3, -0.25) is 9.59 Å². The van der Waals surface area contributed by atoms with E-state index in [9.17, 15) is 18.4 Å². The summed E-state index contributed by atoms with van der Waals surface area (Å²) in [5.41, 5.74) is 4.99. The molecule has 0 aliphatic heterocycles. The van der Waals surface area contributed by atoms with E-state index in [2.05, 4.69) is 5.73 Å². The molecule has 1 atom stereocenters. The van der Waals surface area contributed by atoms with Crippen molar-refractivity contribution < 1.29 is 23.1 Å². The first kappa shape index (κ1) is 15.1. The van der Waals surface area contributed by atoms with Crippen LogP contribution in [0.4, 0.5) is 8.78 Å². The lowest BCUT2D eigenvalue weighted by Crippen LogP contribution is -2.38. The van der Waals surface area contributed by atoms with E-state index in [1.54, 1.807) is 25.1 Å². The van der Waals surface area contributed by atoms with E-state index in [0.717, 1.165) is 0 Å².